The van der Waals surface area contributed by atoms with Gasteiger partial charge in [-0.1, -0.05) is 0 Å². The van der Waals surface area contributed by atoms with Crippen LogP contribution in [-0.4, -0.2) is 32.9 Å². The van der Waals surface area contributed by atoms with Crippen LogP contribution in [-0.2, 0) is 14.4 Å². The normalized spacial score (nSPS) is 12.4. The van der Waals surface area contributed by atoms with Gasteiger partial charge in [-0.25, -0.2) is 8.42 Å². The predicted molar refractivity (Wildman–Crippen MR) is 65.3 cm³/mol. The molecule has 0 saturated heterocycles. The number of hydrogen-bond donors (Lipinski definition) is 0. The molecule has 0 bridgehead atoms. The van der Waals surface area contributed by atoms with Gasteiger partial charge in [-0.3, -0.25) is 10.1 Å². The van der Waals surface area contributed by atoms with Gasteiger partial charge in [0.1, 0.15) is 12.0 Å². The smallest absolute Gasteiger partial charge is 0.288 e. The van der Waals surface area contributed by atoms with Crippen LogP contribution in [0.2, 0.25) is 0 Å². The summed E-state index contributed by atoms with van der Waals surface area (Å²) in [6, 6.07) is 3.52. The molecule has 0 heterocycles. The third-order valence-corrected chi connectivity index (χ3v) is 4.81. The van der Waals surface area contributed by atoms with Crippen LogP contribution < -0.4 is 5.30 Å². The molecule has 0 saturated carbocycles. The molecule has 17 heavy (non-hydrogen) atoms. The number of sulfone groups is 1. The van der Waals surface area contributed by atoms with Crippen molar-refractivity contribution in [2.75, 3.05) is 19.6 Å². The maximum absolute atomic E-state index is 11.8. The van der Waals surface area contributed by atoms with Gasteiger partial charge in [0.15, 0.2) is 9.84 Å². The summed E-state index contributed by atoms with van der Waals surface area (Å²) >= 11 is 0. The SMILES string of the molecule is CP(C)(=O)c1ccc([N+](=O)[O-])c(S(C)(=O)=O)c1. The van der Waals surface area contributed by atoms with E-state index in [0.717, 1.165) is 18.4 Å². The van der Waals surface area contributed by atoms with Crippen molar-refractivity contribution in [3.8, 4) is 0 Å². The molecule has 0 aromatic heterocycles. The first-order valence-corrected chi connectivity index (χ1v) is 9.07. The minimum atomic E-state index is -3.72. The number of nitrogens with zero attached hydrogens (tertiary/aromatic N) is 1. The zero-order valence-electron chi connectivity index (χ0n) is 9.58. The molecule has 8 heteroatoms. The minimum absolute atomic E-state index is 0.309. The average molecular weight is 277 g/mol. The summed E-state index contributed by atoms with van der Waals surface area (Å²) in [5.74, 6) is 0. The van der Waals surface area contributed by atoms with Crippen LogP contribution >= 0.6 is 7.14 Å². The molecular weight excluding hydrogens is 265 g/mol. The van der Waals surface area contributed by atoms with E-state index in [2.05, 4.69) is 0 Å². The minimum Gasteiger partial charge on any atom is -0.319 e. The van der Waals surface area contributed by atoms with Crippen LogP contribution in [0.25, 0.3) is 0 Å². The molecule has 0 N–H and O–H groups in total. The fourth-order valence-corrected chi connectivity index (χ4v) is 3.11. The van der Waals surface area contributed by atoms with E-state index in [1.807, 2.05) is 0 Å². The Kier molecular flexibility index (Phi) is 3.45. The maximum Gasteiger partial charge on any atom is 0.288 e. The van der Waals surface area contributed by atoms with Crippen molar-refractivity contribution in [2.45, 2.75) is 4.90 Å². The quantitative estimate of drug-likeness (QED) is 0.470. The first-order valence-electron chi connectivity index (χ1n) is 4.57. The molecule has 6 nitrogen and oxygen atoms in total. The average Bonchev–Trinajstić information content (AvgIpc) is 2.14. The number of nitro benzene ring substituents is 1. The molecule has 0 unspecified atom stereocenters. The second-order valence-corrected chi connectivity index (χ2v) is 9.23. The molecule has 94 valence electrons. The zero-order chi connectivity index (χ0) is 13.4. The van der Waals surface area contributed by atoms with Gasteiger partial charge in [0, 0.05) is 17.6 Å². The monoisotopic (exact) mass is 277 g/mol. The Morgan fingerprint density at radius 3 is 2.18 bits per heavy atom. The van der Waals surface area contributed by atoms with E-state index in [4.69, 9.17) is 0 Å². The summed E-state index contributed by atoms with van der Waals surface area (Å²) in [4.78, 5) is 9.53. The van der Waals surface area contributed by atoms with Crippen molar-refractivity contribution in [2.24, 2.45) is 0 Å². The van der Waals surface area contributed by atoms with Gasteiger partial charge in [-0.15, -0.1) is 0 Å². The van der Waals surface area contributed by atoms with Crippen molar-refractivity contribution >= 4 is 28.0 Å². The molecule has 0 aliphatic rings. The second-order valence-electron chi connectivity index (χ2n) is 4.03. The summed E-state index contributed by atoms with van der Waals surface area (Å²) in [6.45, 7) is 2.94. The van der Waals surface area contributed by atoms with Crippen molar-refractivity contribution in [3.05, 3.63) is 28.3 Å². The highest BCUT2D eigenvalue weighted by Crippen LogP contribution is 2.36. The Morgan fingerprint density at radius 1 is 1.29 bits per heavy atom. The highest BCUT2D eigenvalue weighted by Gasteiger charge is 2.24. The Morgan fingerprint density at radius 2 is 1.82 bits per heavy atom. The van der Waals surface area contributed by atoms with Crippen molar-refractivity contribution in [1.82, 2.24) is 0 Å². The van der Waals surface area contributed by atoms with Gasteiger partial charge < -0.3 is 4.57 Å². The van der Waals surface area contributed by atoms with E-state index in [1.165, 1.54) is 19.4 Å². The maximum atomic E-state index is 11.8. The summed E-state index contributed by atoms with van der Waals surface area (Å²) in [6.07, 6.45) is 0.884. The standard InChI is InChI=1S/C9H12NO5PS/c1-16(2,13)7-4-5-8(10(11)12)9(6-7)17(3,14)15/h4-6H,1-3H3. The van der Waals surface area contributed by atoms with Crippen LogP contribution in [0.5, 0.6) is 0 Å². The van der Waals surface area contributed by atoms with Gasteiger partial charge in [0.25, 0.3) is 5.69 Å². The van der Waals surface area contributed by atoms with Crippen LogP contribution in [0, 0.1) is 10.1 Å². The lowest BCUT2D eigenvalue weighted by Gasteiger charge is -2.08. The van der Waals surface area contributed by atoms with Gasteiger partial charge in [0.05, 0.1) is 4.92 Å². The summed E-state index contributed by atoms with van der Waals surface area (Å²) in [5, 5.41) is 11.0. The van der Waals surface area contributed by atoms with Gasteiger partial charge in [-0.2, -0.15) is 0 Å². The fourth-order valence-electron chi connectivity index (χ4n) is 1.29. The van der Waals surface area contributed by atoms with E-state index in [-0.39, 0.29) is 0 Å². The lowest BCUT2D eigenvalue weighted by atomic mass is 10.3. The lowest BCUT2D eigenvalue weighted by Crippen LogP contribution is -2.10. The molecular formula is C9H12NO5PS. The largest absolute Gasteiger partial charge is 0.319 e. The third kappa shape index (κ3) is 3.14. The summed E-state index contributed by atoms with van der Waals surface area (Å²) in [5.41, 5.74) is -0.496. The van der Waals surface area contributed by atoms with Crippen LogP contribution in [0.1, 0.15) is 0 Å². The van der Waals surface area contributed by atoms with Crippen molar-refractivity contribution in [3.63, 3.8) is 0 Å². The molecule has 1 rings (SSSR count). The topological polar surface area (TPSA) is 94.3 Å². The van der Waals surface area contributed by atoms with Crippen molar-refractivity contribution in [1.29, 1.82) is 0 Å². The molecule has 0 spiro atoms. The second kappa shape index (κ2) is 4.23. The summed E-state index contributed by atoms with van der Waals surface area (Å²) in [7, 11) is -6.38. The van der Waals surface area contributed by atoms with E-state index in [1.54, 1.807) is 0 Å². The van der Waals surface area contributed by atoms with E-state index in [9.17, 15) is 23.1 Å². The van der Waals surface area contributed by atoms with Gasteiger partial charge >= 0.3 is 0 Å². The number of rotatable bonds is 3. The highest BCUT2D eigenvalue weighted by atomic mass is 32.2. The molecule has 1 aromatic rings. The van der Waals surface area contributed by atoms with E-state index < -0.39 is 32.5 Å². The Labute approximate surface area is 99.1 Å². The molecule has 0 aliphatic carbocycles. The summed E-state index contributed by atoms with van der Waals surface area (Å²) < 4.78 is 34.7. The zero-order valence-corrected chi connectivity index (χ0v) is 11.3. The molecule has 0 amide bonds. The van der Waals surface area contributed by atoms with Gasteiger partial charge in [-0.05, 0) is 25.5 Å². The first-order chi connectivity index (χ1) is 7.53. The Hall–Kier alpha value is -1.20. The van der Waals surface area contributed by atoms with Gasteiger partial charge in [0.2, 0.25) is 0 Å². The molecule has 0 aliphatic heterocycles. The number of benzene rings is 1. The van der Waals surface area contributed by atoms with Crippen LogP contribution in [0.15, 0.2) is 23.1 Å². The third-order valence-electron chi connectivity index (χ3n) is 2.16. The number of hydrogen-bond acceptors (Lipinski definition) is 5. The molecule has 0 radical (unpaired) electrons. The van der Waals surface area contributed by atoms with E-state index in [0.29, 0.717) is 5.30 Å². The highest BCUT2D eigenvalue weighted by molar-refractivity contribution is 7.91. The lowest BCUT2D eigenvalue weighted by molar-refractivity contribution is -0.387. The molecule has 0 fully saturated rings. The first kappa shape index (κ1) is 13.9. The molecule has 1 aromatic carbocycles. The van der Waals surface area contributed by atoms with E-state index >= 15 is 0 Å². The number of nitro groups is 1. The van der Waals surface area contributed by atoms with Crippen molar-refractivity contribution < 1.29 is 17.9 Å². The van der Waals surface area contributed by atoms with Crippen LogP contribution in [0.3, 0.4) is 0 Å². The molecule has 0 atom stereocenters. The fraction of sp³-hybridized carbons (Fsp3) is 0.333. The Balaban J connectivity index is 3.63. The predicted octanol–water partition coefficient (Wildman–Crippen LogP) is 1.25. The Bertz CT molecular complexity index is 616. The van der Waals surface area contributed by atoms with Crippen LogP contribution in [0.4, 0.5) is 5.69 Å².